The number of alkyl halides is 1. The Labute approximate surface area is 110 Å². The monoisotopic (exact) mass is 260 g/mol. The molecule has 0 aromatic heterocycles. The van der Waals surface area contributed by atoms with Gasteiger partial charge in [-0.2, -0.15) is 0 Å². The van der Waals surface area contributed by atoms with Crippen molar-refractivity contribution >= 4 is 11.6 Å². The van der Waals surface area contributed by atoms with Crippen molar-refractivity contribution in [2.24, 2.45) is 0 Å². The van der Waals surface area contributed by atoms with Gasteiger partial charge < -0.3 is 4.74 Å². The number of nitrogens with zero attached hydrogens (tertiary/aromatic N) is 2. The van der Waals surface area contributed by atoms with Crippen molar-refractivity contribution in [1.82, 2.24) is 9.80 Å². The summed E-state index contributed by atoms with van der Waals surface area (Å²) in [7, 11) is 0. The number of hydrogen-bond donors (Lipinski definition) is 0. The Morgan fingerprint density at radius 1 is 1.12 bits per heavy atom. The molecule has 2 aliphatic rings. The van der Waals surface area contributed by atoms with E-state index in [1.165, 1.54) is 45.3 Å². The molecule has 3 nitrogen and oxygen atoms in total. The summed E-state index contributed by atoms with van der Waals surface area (Å²) in [6.07, 6.45) is 5.20. The lowest BCUT2D eigenvalue weighted by atomic mass is 10.1. The Hall–Kier alpha value is 0.170. The van der Waals surface area contributed by atoms with Crippen molar-refractivity contribution in [2.75, 3.05) is 51.8 Å². The van der Waals surface area contributed by atoms with E-state index in [1.807, 2.05) is 0 Å². The zero-order valence-corrected chi connectivity index (χ0v) is 11.5. The summed E-state index contributed by atoms with van der Waals surface area (Å²) in [5.74, 6) is 0.813. The Morgan fingerprint density at radius 3 is 2.71 bits per heavy atom. The van der Waals surface area contributed by atoms with Crippen LogP contribution >= 0.6 is 11.6 Å². The maximum Gasteiger partial charge on any atom is 0.0594 e. The highest BCUT2D eigenvalue weighted by atomic mass is 35.5. The van der Waals surface area contributed by atoms with Gasteiger partial charge in [0.1, 0.15) is 0 Å². The predicted molar refractivity (Wildman–Crippen MR) is 71.8 cm³/mol. The van der Waals surface area contributed by atoms with Gasteiger partial charge in [-0.05, 0) is 32.2 Å². The molecule has 1 atom stereocenters. The highest BCUT2D eigenvalue weighted by Crippen LogP contribution is 2.21. The van der Waals surface area contributed by atoms with E-state index in [-0.39, 0.29) is 0 Å². The Balaban J connectivity index is 1.66. The van der Waals surface area contributed by atoms with E-state index in [0.717, 1.165) is 38.2 Å². The molecule has 2 aliphatic heterocycles. The SMILES string of the molecule is ClCCCC1CCCN1CCN1CCOCC1. The Kier molecular flexibility index (Phi) is 6.06. The zero-order chi connectivity index (χ0) is 11.9. The molecule has 4 heteroatoms. The normalized spacial score (nSPS) is 27.7. The summed E-state index contributed by atoms with van der Waals surface area (Å²) in [6, 6.07) is 0.801. The Morgan fingerprint density at radius 2 is 1.94 bits per heavy atom. The third-order valence-corrected chi connectivity index (χ3v) is 4.24. The van der Waals surface area contributed by atoms with Crippen molar-refractivity contribution in [2.45, 2.75) is 31.7 Å². The molecule has 0 bridgehead atoms. The van der Waals surface area contributed by atoms with Crippen LogP contribution in [0, 0.1) is 0 Å². The summed E-state index contributed by atoms with van der Waals surface area (Å²) >= 11 is 5.79. The number of morpholine rings is 1. The van der Waals surface area contributed by atoms with Crippen LogP contribution in [0.25, 0.3) is 0 Å². The minimum atomic E-state index is 0.801. The van der Waals surface area contributed by atoms with Gasteiger partial charge in [0.15, 0.2) is 0 Å². The highest BCUT2D eigenvalue weighted by molar-refractivity contribution is 6.17. The molecular formula is C13H25ClN2O. The van der Waals surface area contributed by atoms with Crippen molar-refractivity contribution < 1.29 is 4.74 Å². The summed E-state index contributed by atoms with van der Waals surface area (Å²) in [6.45, 7) is 7.77. The molecule has 0 aliphatic carbocycles. The smallest absolute Gasteiger partial charge is 0.0594 e. The lowest BCUT2D eigenvalue weighted by Gasteiger charge is -2.30. The van der Waals surface area contributed by atoms with Crippen LogP contribution in [-0.2, 0) is 4.74 Å². The highest BCUT2D eigenvalue weighted by Gasteiger charge is 2.24. The van der Waals surface area contributed by atoms with Gasteiger partial charge in [-0.25, -0.2) is 0 Å². The van der Waals surface area contributed by atoms with Crippen molar-refractivity contribution in [3.63, 3.8) is 0 Å². The minimum Gasteiger partial charge on any atom is -0.379 e. The van der Waals surface area contributed by atoms with Gasteiger partial charge in [-0.3, -0.25) is 9.80 Å². The second kappa shape index (κ2) is 7.57. The largest absolute Gasteiger partial charge is 0.379 e. The van der Waals surface area contributed by atoms with Crippen LogP contribution in [0.5, 0.6) is 0 Å². The van der Waals surface area contributed by atoms with Crippen LogP contribution < -0.4 is 0 Å². The molecule has 1 unspecified atom stereocenters. The van der Waals surface area contributed by atoms with E-state index in [0.29, 0.717) is 0 Å². The van der Waals surface area contributed by atoms with Gasteiger partial charge in [0.05, 0.1) is 13.2 Å². The van der Waals surface area contributed by atoms with Gasteiger partial charge in [0, 0.05) is 38.1 Å². The number of rotatable bonds is 6. The molecule has 0 spiro atoms. The Bertz CT molecular complexity index is 210. The third-order valence-electron chi connectivity index (χ3n) is 3.98. The first-order valence-electron chi connectivity index (χ1n) is 7.00. The molecule has 0 N–H and O–H groups in total. The molecule has 2 rings (SSSR count). The second-order valence-corrected chi connectivity index (χ2v) is 5.50. The quantitative estimate of drug-likeness (QED) is 0.678. The van der Waals surface area contributed by atoms with Crippen LogP contribution in [0.1, 0.15) is 25.7 Å². The second-order valence-electron chi connectivity index (χ2n) is 5.12. The molecule has 2 heterocycles. The summed E-state index contributed by atoms with van der Waals surface area (Å²) in [5.41, 5.74) is 0. The number of ether oxygens (including phenoxy) is 1. The zero-order valence-electron chi connectivity index (χ0n) is 10.7. The van der Waals surface area contributed by atoms with Gasteiger partial charge in [0.2, 0.25) is 0 Å². The van der Waals surface area contributed by atoms with Crippen LogP contribution in [0.2, 0.25) is 0 Å². The molecule has 17 heavy (non-hydrogen) atoms. The first-order chi connectivity index (χ1) is 8.40. The maximum absolute atomic E-state index is 5.79. The lowest BCUT2D eigenvalue weighted by molar-refractivity contribution is 0.0325. The van der Waals surface area contributed by atoms with Crippen LogP contribution in [0.4, 0.5) is 0 Å². The minimum absolute atomic E-state index is 0.801. The number of likely N-dealkylation sites (tertiary alicyclic amines) is 1. The molecule has 2 fully saturated rings. The van der Waals surface area contributed by atoms with Gasteiger partial charge in [0.25, 0.3) is 0 Å². The summed E-state index contributed by atoms with van der Waals surface area (Å²) < 4.78 is 5.38. The number of hydrogen-bond acceptors (Lipinski definition) is 3. The molecule has 0 saturated carbocycles. The third kappa shape index (κ3) is 4.40. The predicted octanol–water partition coefficient (Wildman–Crippen LogP) is 1.80. The summed E-state index contributed by atoms with van der Waals surface area (Å²) in [4.78, 5) is 5.20. The van der Waals surface area contributed by atoms with Gasteiger partial charge >= 0.3 is 0 Å². The average molecular weight is 261 g/mol. The van der Waals surface area contributed by atoms with E-state index >= 15 is 0 Å². The van der Waals surface area contributed by atoms with Gasteiger partial charge in [-0.1, -0.05) is 0 Å². The molecule has 0 aromatic rings. The number of halogens is 1. The van der Waals surface area contributed by atoms with E-state index in [1.54, 1.807) is 0 Å². The van der Waals surface area contributed by atoms with Crippen LogP contribution in [0.15, 0.2) is 0 Å². The fourth-order valence-corrected chi connectivity index (χ4v) is 3.08. The van der Waals surface area contributed by atoms with Crippen molar-refractivity contribution in [3.05, 3.63) is 0 Å². The average Bonchev–Trinajstić information content (AvgIpc) is 2.82. The van der Waals surface area contributed by atoms with E-state index in [9.17, 15) is 0 Å². The molecular weight excluding hydrogens is 236 g/mol. The molecule has 0 radical (unpaired) electrons. The molecule has 2 saturated heterocycles. The van der Waals surface area contributed by atoms with Crippen molar-refractivity contribution in [3.8, 4) is 0 Å². The molecule has 0 aromatic carbocycles. The van der Waals surface area contributed by atoms with Crippen LogP contribution in [-0.4, -0.2) is 67.7 Å². The standard InChI is InChI=1S/C13H25ClN2O/c14-5-1-3-13-4-2-6-16(13)8-7-15-9-11-17-12-10-15/h13H,1-12H2. The molecule has 100 valence electrons. The first kappa shape index (κ1) is 13.6. The van der Waals surface area contributed by atoms with Crippen molar-refractivity contribution in [1.29, 1.82) is 0 Å². The van der Waals surface area contributed by atoms with E-state index < -0.39 is 0 Å². The molecule has 0 amide bonds. The van der Waals surface area contributed by atoms with E-state index in [2.05, 4.69) is 9.80 Å². The lowest BCUT2D eigenvalue weighted by Crippen LogP contribution is -2.42. The first-order valence-corrected chi connectivity index (χ1v) is 7.53. The van der Waals surface area contributed by atoms with E-state index in [4.69, 9.17) is 16.3 Å². The summed E-state index contributed by atoms with van der Waals surface area (Å²) in [5, 5.41) is 0. The van der Waals surface area contributed by atoms with Gasteiger partial charge in [-0.15, -0.1) is 11.6 Å². The fraction of sp³-hybridized carbons (Fsp3) is 1.00. The maximum atomic E-state index is 5.79. The van der Waals surface area contributed by atoms with Crippen LogP contribution in [0.3, 0.4) is 0 Å². The fourth-order valence-electron chi connectivity index (χ4n) is 2.92. The topological polar surface area (TPSA) is 15.7 Å².